The number of ether oxygens (including phenoxy) is 2. The van der Waals surface area contributed by atoms with Crippen LogP contribution in [0.15, 0.2) is 22.6 Å². The first kappa shape index (κ1) is 19.8. The number of nitrogens with zero attached hydrogens (tertiary/aromatic N) is 2. The summed E-state index contributed by atoms with van der Waals surface area (Å²) in [6.45, 7) is 3.27. The minimum absolute atomic E-state index is 0.0585. The Kier molecular flexibility index (Phi) is 5.87. The molecule has 1 aliphatic heterocycles. The van der Waals surface area contributed by atoms with Gasteiger partial charge in [0.05, 0.1) is 26.5 Å². The van der Waals surface area contributed by atoms with Crippen molar-refractivity contribution in [1.82, 2.24) is 9.78 Å². The molecule has 10 heteroatoms. The number of rotatable bonds is 7. The van der Waals surface area contributed by atoms with Crippen LogP contribution in [0, 0.1) is 4.84 Å². The van der Waals surface area contributed by atoms with E-state index in [2.05, 4.69) is 5.10 Å². The lowest BCUT2D eigenvalue weighted by molar-refractivity contribution is -0.943. The molecule has 2 atom stereocenters. The van der Waals surface area contributed by atoms with E-state index in [0.717, 1.165) is 17.0 Å². The number of aromatic nitrogens is 2. The maximum Gasteiger partial charge on any atom is 0.292 e. The highest BCUT2D eigenvalue weighted by atomic mass is 32.2. The molecule has 0 saturated carbocycles. The van der Waals surface area contributed by atoms with E-state index in [0.29, 0.717) is 30.5 Å². The zero-order valence-corrected chi connectivity index (χ0v) is 17.2. The number of nitrogens with one attached hydrogen (secondary N) is 1. The predicted octanol–water partition coefficient (Wildman–Crippen LogP) is 0.939. The second-order valence-electron chi connectivity index (χ2n) is 6.51. The average Bonchev–Trinajstić information content (AvgIpc) is 3.20. The Morgan fingerprint density at radius 3 is 2.67 bits per heavy atom. The molecule has 1 aromatic heterocycles. The fraction of sp³-hybridized carbons (Fsp3) is 0.529. The van der Waals surface area contributed by atoms with Crippen molar-refractivity contribution in [1.29, 1.82) is 0 Å². The third-order valence-electron chi connectivity index (χ3n) is 4.85. The predicted molar refractivity (Wildman–Crippen MR) is 102 cm³/mol. The summed E-state index contributed by atoms with van der Waals surface area (Å²) in [6.07, 6.45) is 0.666. The quantitative estimate of drug-likeness (QED) is 0.675. The Balaban J connectivity index is 1.83. The van der Waals surface area contributed by atoms with Gasteiger partial charge in [-0.25, -0.2) is 8.42 Å². The van der Waals surface area contributed by atoms with Crippen molar-refractivity contribution in [3.8, 4) is 23.0 Å². The second-order valence-corrected chi connectivity index (χ2v) is 9.09. The fourth-order valence-corrected chi connectivity index (χ4v) is 5.34. The van der Waals surface area contributed by atoms with Gasteiger partial charge in [0.1, 0.15) is 11.8 Å². The van der Waals surface area contributed by atoms with Crippen LogP contribution in [0.2, 0.25) is 0 Å². The Morgan fingerprint density at radius 1 is 1.33 bits per heavy atom. The first-order valence-corrected chi connectivity index (χ1v) is 10.9. The van der Waals surface area contributed by atoms with E-state index < -0.39 is 9.84 Å². The molecule has 3 rings (SSSR count). The smallest absolute Gasteiger partial charge is 0.292 e. The van der Waals surface area contributed by atoms with Gasteiger partial charge in [-0.15, -0.1) is 5.10 Å². The van der Waals surface area contributed by atoms with E-state index in [4.69, 9.17) is 26.1 Å². The second kappa shape index (κ2) is 7.99. The Labute approximate surface area is 163 Å². The van der Waals surface area contributed by atoms with E-state index in [1.54, 1.807) is 31.0 Å². The number of quaternary nitrogens is 1. The monoisotopic (exact) mass is 414 g/mol. The minimum Gasteiger partial charge on any atom is -0.493 e. The molecule has 8 nitrogen and oxygen atoms in total. The lowest BCUT2D eigenvalue weighted by Crippen LogP contribution is -3.15. The van der Waals surface area contributed by atoms with Gasteiger partial charge in [-0.3, -0.25) is 0 Å². The highest BCUT2D eigenvalue weighted by Gasteiger charge is 2.35. The molecular formula is C17H24N3O5S2+. The van der Waals surface area contributed by atoms with Gasteiger partial charge in [0.2, 0.25) is 5.89 Å². The molecule has 148 valence electrons. The molecular weight excluding hydrogens is 390 g/mol. The number of benzene rings is 1. The first-order valence-electron chi connectivity index (χ1n) is 8.72. The van der Waals surface area contributed by atoms with Crippen LogP contribution in [-0.2, 0) is 16.5 Å². The molecule has 1 unspecified atom stereocenters. The normalized spacial score (nSPS) is 19.7. The van der Waals surface area contributed by atoms with Crippen LogP contribution >= 0.6 is 12.2 Å². The van der Waals surface area contributed by atoms with Crippen molar-refractivity contribution in [2.75, 3.05) is 32.3 Å². The third-order valence-corrected chi connectivity index (χ3v) is 6.92. The molecule has 0 amide bonds. The Hall–Kier alpha value is -1.91. The molecule has 2 heterocycles. The zero-order chi connectivity index (χ0) is 19.6. The molecule has 1 aliphatic rings. The Morgan fingerprint density at radius 2 is 2.07 bits per heavy atom. The SMILES string of the molecule is CC[NH+](Cn1nc(-c2ccc(OC)c(OC)c2)oc1=S)[C@@H]1CCS(=O)(=O)C1. The molecule has 0 aliphatic carbocycles. The van der Waals surface area contributed by atoms with Gasteiger partial charge < -0.3 is 18.8 Å². The van der Waals surface area contributed by atoms with Crippen molar-refractivity contribution in [3.05, 3.63) is 23.0 Å². The molecule has 2 aromatic rings. The summed E-state index contributed by atoms with van der Waals surface area (Å²) in [6, 6.07) is 5.43. The van der Waals surface area contributed by atoms with E-state index in [9.17, 15) is 8.42 Å². The van der Waals surface area contributed by atoms with Crippen molar-refractivity contribution in [2.24, 2.45) is 0 Å². The molecule has 0 bridgehead atoms. The Bertz CT molecular complexity index is 967. The largest absolute Gasteiger partial charge is 0.493 e. The van der Waals surface area contributed by atoms with Gasteiger partial charge in [-0.05, 0) is 37.3 Å². The fourth-order valence-electron chi connectivity index (χ4n) is 3.33. The summed E-state index contributed by atoms with van der Waals surface area (Å²) in [7, 11) is 0.205. The maximum absolute atomic E-state index is 11.8. The van der Waals surface area contributed by atoms with Gasteiger partial charge in [-0.2, -0.15) is 4.68 Å². The molecule has 1 saturated heterocycles. The summed E-state index contributed by atoms with van der Waals surface area (Å²) in [5.74, 6) is 2.04. The zero-order valence-electron chi connectivity index (χ0n) is 15.6. The summed E-state index contributed by atoms with van der Waals surface area (Å²) in [5.41, 5.74) is 0.721. The van der Waals surface area contributed by atoms with E-state index in [1.807, 2.05) is 13.0 Å². The van der Waals surface area contributed by atoms with Gasteiger partial charge in [0, 0.05) is 12.0 Å². The molecule has 1 N–H and O–H groups in total. The number of hydrogen-bond donors (Lipinski definition) is 1. The van der Waals surface area contributed by atoms with Crippen LogP contribution < -0.4 is 14.4 Å². The molecule has 1 aromatic carbocycles. The number of hydrogen-bond acceptors (Lipinski definition) is 7. The summed E-state index contributed by atoms with van der Waals surface area (Å²) in [4.78, 5) is 1.38. The van der Waals surface area contributed by atoms with Crippen LogP contribution in [0.3, 0.4) is 0 Å². The van der Waals surface area contributed by atoms with Gasteiger partial charge in [0.15, 0.2) is 28.0 Å². The van der Waals surface area contributed by atoms with Gasteiger partial charge in [-0.1, -0.05) is 0 Å². The summed E-state index contributed by atoms with van der Waals surface area (Å²) >= 11 is 5.31. The van der Waals surface area contributed by atoms with Crippen molar-refractivity contribution in [2.45, 2.75) is 26.1 Å². The van der Waals surface area contributed by atoms with Crippen LogP contribution in [0.1, 0.15) is 13.3 Å². The van der Waals surface area contributed by atoms with Crippen LogP contribution in [0.25, 0.3) is 11.5 Å². The van der Waals surface area contributed by atoms with E-state index in [1.165, 1.54) is 0 Å². The van der Waals surface area contributed by atoms with E-state index >= 15 is 0 Å². The lowest BCUT2D eigenvalue weighted by atomic mass is 10.2. The van der Waals surface area contributed by atoms with Crippen molar-refractivity contribution < 1.29 is 27.2 Å². The third kappa shape index (κ3) is 4.33. The summed E-state index contributed by atoms with van der Waals surface area (Å²) < 4.78 is 41.4. The highest BCUT2D eigenvalue weighted by molar-refractivity contribution is 7.91. The summed E-state index contributed by atoms with van der Waals surface area (Å²) in [5, 5.41) is 4.49. The van der Waals surface area contributed by atoms with Crippen LogP contribution in [-0.4, -0.2) is 56.5 Å². The van der Waals surface area contributed by atoms with Gasteiger partial charge in [0.25, 0.3) is 4.84 Å². The maximum atomic E-state index is 11.8. The molecule has 1 fully saturated rings. The van der Waals surface area contributed by atoms with Crippen molar-refractivity contribution in [3.63, 3.8) is 0 Å². The lowest BCUT2D eigenvalue weighted by Gasteiger charge is -2.22. The van der Waals surface area contributed by atoms with Crippen molar-refractivity contribution >= 4 is 22.1 Å². The minimum atomic E-state index is -2.93. The van der Waals surface area contributed by atoms with Gasteiger partial charge >= 0.3 is 0 Å². The van der Waals surface area contributed by atoms with E-state index in [-0.39, 0.29) is 22.4 Å². The highest BCUT2D eigenvalue weighted by Crippen LogP contribution is 2.31. The molecule has 27 heavy (non-hydrogen) atoms. The topological polar surface area (TPSA) is 88.0 Å². The molecule has 0 spiro atoms. The van der Waals surface area contributed by atoms with Crippen LogP contribution in [0.5, 0.6) is 11.5 Å². The first-order chi connectivity index (χ1) is 12.9. The number of sulfone groups is 1. The standard InChI is InChI=1S/C17H23N3O5S2/c1-4-19(13-7-8-27(21,22)10-13)11-20-17(26)25-16(18-20)12-5-6-14(23-2)15(9-12)24-3/h5-6,9,13H,4,7-8,10-11H2,1-3H3/p+1/t13-/m1/s1. The number of methoxy groups -OCH3 is 2. The average molecular weight is 415 g/mol. The molecule has 0 radical (unpaired) electrons. The van der Waals surface area contributed by atoms with Crippen LogP contribution in [0.4, 0.5) is 0 Å².